The van der Waals surface area contributed by atoms with Crippen LogP contribution in [0.2, 0.25) is 0 Å². The van der Waals surface area contributed by atoms with Crippen LogP contribution in [-0.4, -0.2) is 50.7 Å². The number of rotatable bonds is 3. The van der Waals surface area contributed by atoms with Crippen molar-refractivity contribution >= 4 is 5.82 Å². The Morgan fingerprint density at radius 3 is 2.90 bits per heavy atom. The summed E-state index contributed by atoms with van der Waals surface area (Å²) in [5.41, 5.74) is 1.51. The minimum atomic E-state index is 0.371. The molecule has 0 radical (unpaired) electrons. The molecular weight excluding hydrogens is 266 g/mol. The molecule has 1 fully saturated rings. The van der Waals surface area contributed by atoms with Gasteiger partial charge in [-0.1, -0.05) is 0 Å². The maximum atomic E-state index is 9.14. The molecule has 0 aliphatic carbocycles. The van der Waals surface area contributed by atoms with Crippen LogP contribution in [0, 0.1) is 11.3 Å². The highest BCUT2D eigenvalue weighted by Gasteiger charge is 2.26. The van der Waals surface area contributed by atoms with Crippen molar-refractivity contribution in [1.82, 2.24) is 25.1 Å². The number of nitrogens with zero attached hydrogens (tertiary/aromatic N) is 6. The van der Waals surface area contributed by atoms with Crippen molar-refractivity contribution in [2.24, 2.45) is 0 Å². The van der Waals surface area contributed by atoms with E-state index in [1.165, 1.54) is 0 Å². The normalized spacial score (nSPS) is 19.4. The molecule has 7 heteroatoms. The Morgan fingerprint density at radius 1 is 1.33 bits per heavy atom. The lowest BCUT2D eigenvalue weighted by molar-refractivity contribution is 0.178. The first kappa shape index (κ1) is 13.5. The maximum Gasteiger partial charge on any atom is 0.183 e. The summed E-state index contributed by atoms with van der Waals surface area (Å²) in [6.07, 6.45) is 4.97. The molecule has 2 aromatic heterocycles. The molecule has 21 heavy (non-hydrogen) atoms. The Hall–Kier alpha value is -2.46. The molecule has 0 spiro atoms. The number of nitrogens with one attached hydrogen (secondary N) is 1. The lowest BCUT2D eigenvalue weighted by Crippen LogP contribution is -2.52. The van der Waals surface area contributed by atoms with Crippen molar-refractivity contribution in [3.8, 4) is 6.07 Å². The van der Waals surface area contributed by atoms with Crippen LogP contribution >= 0.6 is 0 Å². The van der Waals surface area contributed by atoms with E-state index in [4.69, 9.17) is 5.26 Å². The fourth-order valence-corrected chi connectivity index (χ4v) is 2.66. The zero-order valence-corrected chi connectivity index (χ0v) is 11.9. The van der Waals surface area contributed by atoms with Gasteiger partial charge in [-0.2, -0.15) is 10.4 Å². The van der Waals surface area contributed by atoms with Gasteiger partial charge < -0.3 is 4.90 Å². The molecule has 1 atom stereocenters. The van der Waals surface area contributed by atoms with Crippen LogP contribution in [-0.2, 0) is 6.54 Å². The van der Waals surface area contributed by atoms with Gasteiger partial charge in [-0.25, -0.2) is 9.97 Å². The highest BCUT2D eigenvalue weighted by molar-refractivity contribution is 5.49. The van der Waals surface area contributed by atoms with Gasteiger partial charge in [-0.3, -0.25) is 10.00 Å². The standard InChI is InChI=1S/C14H17N7/c1-11-9-21(14-13(8-15)16-4-5-17-14)7-6-20(11)10-12-2-3-18-19-12/h2-5,11H,6-7,9-10H2,1H3,(H,18,19). The minimum Gasteiger partial charge on any atom is -0.351 e. The summed E-state index contributed by atoms with van der Waals surface area (Å²) in [6, 6.07) is 4.48. The topological polar surface area (TPSA) is 84.7 Å². The van der Waals surface area contributed by atoms with Gasteiger partial charge in [0, 0.05) is 56.5 Å². The van der Waals surface area contributed by atoms with Crippen LogP contribution in [0.25, 0.3) is 0 Å². The fraction of sp³-hybridized carbons (Fsp3) is 0.429. The van der Waals surface area contributed by atoms with E-state index in [-0.39, 0.29) is 0 Å². The highest BCUT2D eigenvalue weighted by Crippen LogP contribution is 2.20. The molecule has 0 aromatic carbocycles. The van der Waals surface area contributed by atoms with Crippen molar-refractivity contribution in [2.45, 2.75) is 19.5 Å². The second kappa shape index (κ2) is 5.89. The molecule has 1 saturated heterocycles. The zero-order valence-electron chi connectivity index (χ0n) is 11.9. The van der Waals surface area contributed by atoms with Gasteiger partial charge in [0.05, 0.1) is 0 Å². The summed E-state index contributed by atoms with van der Waals surface area (Å²) in [6.45, 7) is 5.64. The van der Waals surface area contributed by atoms with E-state index >= 15 is 0 Å². The van der Waals surface area contributed by atoms with Gasteiger partial charge in [0.25, 0.3) is 0 Å². The number of H-pyrrole nitrogens is 1. The number of anilines is 1. The summed E-state index contributed by atoms with van der Waals surface area (Å²) in [4.78, 5) is 12.9. The van der Waals surface area contributed by atoms with Gasteiger partial charge in [-0.15, -0.1) is 0 Å². The van der Waals surface area contributed by atoms with E-state index < -0.39 is 0 Å². The number of hydrogen-bond acceptors (Lipinski definition) is 6. The molecule has 0 saturated carbocycles. The molecular formula is C14H17N7. The van der Waals surface area contributed by atoms with E-state index in [1.807, 2.05) is 6.07 Å². The Morgan fingerprint density at radius 2 is 2.19 bits per heavy atom. The monoisotopic (exact) mass is 283 g/mol. The van der Waals surface area contributed by atoms with Crippen LogP contribution < -0.4 is 4.90 Å². The molecule has 2 aromatic rings. The molecule has 1 aliphatic heterocycles. The predicted octanol–water partition coefficient (Wildman–Crippen LogP) is 0.782. The molecule has 108 valence electrons. The Labute approximate surface area is 123 Å². The Kier molecular flexibility index (Phi) is 3.79. The number of aromatic amines is 1. The van der Waals surface area contributed by atoms with Crippen LogP contribution in [0.1, 0.15) is 18.3 Å². The van der Waals surface area contributed by atoms with Crippen LogP contribution in [0.3, 0.4) is 0 Å². The van der Waals surface area contributed by atoms with E-state index in [2.05, 4.69) is 43.0 Å². The molecule has 3 rings (SSSR count). The van der Waals surface area contributed by atoms with Gasteiger partial charge >= 0.3 is 0 Å². The third-order valence-electron chi connectivity index (χ3n) is 3.78. The number of piperazine rings is 1. The second-order valence-electron chi connectivity index (χ2n) is 5.19. The van der Waals surface area contributed by atoms with E-state index in [1.54, 1.807) is 18.6 Å². The van der Waals surface area contributed by atoms with Gasteiger partial charge in [-0.05, 0) is 13.0 Å². The van der Waals surface area contributed by atoms with E-state index in [0.29, 0.717) is 17.6 Å². The number of nitriles is 1. The van der Waals surface area contributed by atoms with E-state index in [9.17, 15) is 0 Å². The highest BCUT2D eigenvalue weighted by atomic mass is 15.3. The molecule has 1 unspecified atom stereocenters. The molecule has 0 bridgehead atoms. The average Bonchev–Trinajstić information content (AvgIpc) is 3.02. The summed E-state index contributed by atoms with van der Waals surface area (Å²) in [5, 5.41) is 16.1. The van der Waals surface area contributed by atoms with Crippen LogP contribution in [0.15, 0.2) is 24.7 Å². The third kappa shape index (κ3) is 2.85. The Balaban J connectivity index is 1.69. The quantitative estimate of drug-likeness (QED) is 0.896. The maximum absolute atomic E-state index is 9.14. The average molecular weight is 283 g/mol. The van der Waals surface area contributed by atoms with Crippen molar-refractivity contribution in [1.29, 1.82) is 5.26 Å². The minimum absolute atomic E-state index is 0.371. The van der Waals surface area contributed by atoms with Gasteiger partial charge in [0.2, 0.25) is 0 Å². The fourth-order valence-electron chi connectivity index (χ4n) is 2.66. The smallest absolute Gasteiger partial charge is 0.183 e. The summed E-state index contributed by atoms with van der Waals surface area (Å²) in [5.74, 6) is 0.688. The van der Waals surface area contributed by atoms with Crippen molar-refractivity contribution in [2.75, 3.05) is 24.5 Å². The largest absolute Gasteiger partial charge is 0.351 e. The first-order valence-electron chi connectivity index (χ1n) is 6.96. The molecule has 0 amide bonds. The van der Waals surface area contributed by atoms with Crippen LogP contribution in [0.4, 0.5) is 5.82 Å². The first-order valence-corrected chi connectivity index (χ1v) is 6.96. The first-order chi connectivity index (χ1) is 10.3. The zero-order chi connectivity index (χ0) is 14.7. The molecule has 3 heterocycles. The van der Waals surface area contributed by atoms with Crippen molar-refractivity contribution in [3.63, 3.8) is 0 Å². The lowest BCUT2D eigenvalue weighted by atomic mass is 10.1. The molecule has 7 nitrogen and oxygen atoms in total. The number of hydrogen-bond donors (Lipinski definition) is 1. The van der Waals surface area contributed by atoms with Crippen molar-refractivity contribution in [3.05, 3.63) is 36.0 Å². The van der Waals surface area contributed by atoms with Gasteiger partial charge in [0.1, 0.15) is 6.07 Å². The summed E-state index contributed by atoms with van der Waals surface area (Å²) in [7, 11) is 0. The van der Waals surface area contributed by atoms with Crippen LogP contribution in [0.5, 0.6) is 0 Å². The van der Waals surface area contributed by atoms with Gasteiger partial charge in [0.15, 0.2) is 11.5 Å². The Bertz CT molecular complexity index is 631. The summed E-state index contributed by atoms with van der Waals surface area (Å²) < 4.78 is 0. The SMILES string of the molecule is CC1CN(c2nccnc2C#N)CCN1Cc1ccn[nH]1. The third-order valence-corrected chi connectivity index (χ3v) is 3.78. The predicted molar refractivity (Wildman–Crippen MR) is 77.4 cm³/mol. The molecule has 1 aliphatic rings. The van der Waals surface area contributed by atoms with Crippen molar-refractivity contribution < 1.29 is 0 Å². The second-order valence-corrected chi connectivity index (χ2v) is 5.19. The van der Waals surface area contributed by atoms with E-state index in [0.717, 1.165) is 31.9 Å². The summed E-state index contributed by atoms with van der Waals surface area (Å²) >= 11 is 0. The number of aromatic nitrogens is 4. The lowest BCUT2D eigenvalue weighted by Gasteiger charge is -2.40. The molecule has 1 N–H and O–H groups in total.